The average Bonchev–Trinajstić information content (AvgIpc) is 2.58. The van der Waals surface area contributed by atoms with Gasteiger partial charge in [-0.1, -0.05) is 0 Å². The van der Waals surface area contributed by atoms with Gasteiger partial charge in [0.05, 0.1) is 17.4 Å². The van der Waals surface area contributed by atoms with E-state index in [-0.39, 0.29) is 5.91 Å². The summed E-state index contributed by atoms with van der Waals surface area (Å²) in [6.07, 6.45) is 4.00. The first-order chi connectivity index (χ1) is 7.11. The zero-order valence-electron chi connectivity index (χ0n) is 8.12. The Morgan fingerprint density at radius 3 is 2.87 bits per heavy atom. The van der Waals surface area contributed by atoms with Crippen molar-refractivity contribution in [2.24, 2.45) is 0 Å². The fourth-order valence-electron chi connectivity index (χ4n) is 1.56. The Labute approximate surface area is 95.8 Å². The fourth-order valence-corrected chi connectivity index (χ4v) is 1.98. The number of furan rings is 1. The molecule has 1 saturated carbocycles. The second kappa shape index (κ2) is 3.98. The van der Waals surface area contributed by atoms with Crippen LogP contribution in [0.15, 0.2) is 21.4 Å². The highest BCUT2D eigenvalue weighted by atomic mass is 79.9. The molecule has 0 aromatic carbocycles. The van der Waals surface area contributed by atoms with Gasteiger partial charge in [-0.05, 0) is 41.3 Å². The van der Waals surface area contributed by atoms with Crippen LogP contribution in [0.2, 0.25) is 0 Å². The summed E-state index contributed by atoms with van der Waals surface area (Å²) in [5, 5.41) is 12.5. The van der Waals surface area contributed by atoms with E-state index in [1.165, 1.54) is 6.26 Å². The van der Waals surface area contributed by atoms with Gasteiger partial charge in [-0.2, -0.15) is 0 Å². The lowest BCUT2D eigenvalue weighted by Gasteiger charge is -2.36. The van der Waals surface area contributed by atoms with E-state index in [4.69, 9.17) is 4.42 Å². The monoisotopic (exact) mass is 273 g/mol. The van der Waals surface area contributed by atoms with Crippen molar-refractivity contribution in [1.29, 1.82) is 0 Å². The van der Waals surface area contributed by atoms with Crippen molar-refractivity contribution in [3.8, 4) is 0 Å². The summed E-state index contributed by atoms with van der Waals surface area (Å²) in [6.45, 7) is 0.309. The molecule has 1 aliphatic rings. The Hall–Kier alpha value is -0.810. The molecule has 1 aromatic heterocycles. The normalized spacial score (nSPS) is 18.3. The molecule has 1 amide bonds. The van der Waals surface area contributed by atoms with Crippen molar-refractivity contribution in [2.75, 3.05) is 6.54 Å². The minimum atomic E-state index is -0.689. The largest absolute Gasteiger partial charge is 0.457 e. The van der Waals surface area contributed by atoms with Gasteiger partial charge in [0.1, 0.15) is 0 Å². The third-order valence-electron chi connectivity index (χ3n) is 2.72. The lowest BCUT2D eigenvalue weighted by atomic mass is 9.80. The van der Waals surface area contributed by atoms with E-state index >= 15 is 0 Å². The first-order valence-electron chi connectivity index (χ1n) is 4.84. The zero-order chi connectivity index (χ0) is 10.9. The van der Waals surface area contributed by atoms with Crippen molar-refractivity contribution < 1.29 is 14.3 Å². The summed E-state index contributed by atoms with van der Waals surface area (Å²) >= 11 is 3.13. The molecule has 5 heteroatoms. The van der Waals surface area contributed by atoms with E-state index in [2.05, 4.69) is 21.2 Å². The van der Waals surface area contributed by atoms with Gasteiger partial charge >= 0.3 is 0 Å². The molecule has 0 atom stereocenters. The summed E-state index contributed by atoms with van der Waals surface area (Å²) in [7, 11) is 0. The Morgan fingerprint density at radius 1 is 1.67 bits per heavy atom. The van der Waals surface area contributed by atoms with E-state index in [1.807, 2.05) is 0 Å². The van der Waals surface area contributed by atoms with E-state index in [0.29, 0.717) is 16.8 Å². The van der Waals surface area contributed by atoms with Crippen LogP contribution >= 0.6 is 15.9 Å². The first-order valence-corrected chi connectivity index (χ1v) is 5.64. The smallest absolute Gasteiger partial charge is 0.255 e. The number of carbonyl (C=O) groups is 1. The summed E-state index contributed by atoms with van der Waals surface area (Å²) in [5.41, 5.74) is -0.232. The Balaban J connectivity index is 1.90. The van der Waals surface area contributed by atoms with Crippen molar-refractivity contribution in [2.45, 2.75) is 24.9 Å². The van der Waals surface area contributed by atoms with Gasteiger partial charge in [0.25, 0.3) is 5.91 Å². The average molecular weight is 274 g/mol. The van der Waals surface area contributed by atoms with E-state index < -0.39 is 5.60 Å². The molecule has 82 valence electrons. The summed E-state index contributed by atoms with van der Waals surface area (Å²) in [4.78, 5) is 11.6. The number of aliphatic hydroxyl groups is 1. The van der Waals surface area contributed by atoms with Crippen LogP contribution in [0, 0.1) is 0 Å². The first kappa shape index (κ1) is 10.7. The molecule has 0 radical (unpaired) electrons. The molecule has 0 aliphatic heterocycles. The Kier molecular flexibility index (Phi) is 2.84. The Bertz CT molecular complexity index is 370. The van der Waals surface area contributed by atoms with Gasteiger partial charge < -0.3 is 14.8 Å². The predicted octanol–water partition coefficient (Wildman–Crippen LogP) is 1.69. The maximum absolute atomic E-state index is 11.6. The molecule has 0 bridgehead atoms. The SMILES string of the molecule is O=C(NCC1(O)CCC1)c1ccoc1Br. The summed E-state index contributed by atoms with van der Waals surface area (Å²) < 4.78 is 5.37. The van der Waals surface area contributed by atoms with Crippen LogP contribution in [0.1, 0.15) is 29.6 Å². The van der Waals surface area contributed by atoms with Crippen LogP contribution in [-0.4, -0.2) is 23.2 Å². The third kappa shape index (κ3) is 2.23. The molecule has 1 aromatic rings. The number of nitrogens with one attached hydrogen (secondary N) is 1. The molecule has 1 heterocycles. The van der Waals surface area contributed by atoms with Crippen molar-refractivity contribution in [3.05, 3.63) is 22.6 Å². The highest BCUT2D eigenvalue weighted by Crippen LogP contribution is 2.30. The second-order valence-electron chi connectivity index (χ2n) is 3.87. The zero-order valence-corrected chi connectivity index (χ0v) is 9.71. The topological polar surface area (TPSA) is 62.5 Å². The van der Waals surface area contributed by atoms with Gasteiger partial charge in [-0.3, -0.25) is 4.79 Å². The minimum absolute atomic E-state index is 0.226. The fraction of sp³-hybridized carbons (Fsp3) is 0.500. The predicted molar refractivity (Wildman–Crippen MR) is 57.5 cm³/mol. The molecular weight excluding hydrogens is 262 g/mol. The molecule has 1 aliphatic carbocycles. The number of amides is 1. The van der Waals surface area contributed by atoms with Gasteiger partial charge in [0.15, 0.2) is 4.67 Å². The number of hydrogen-bond acceptors (Lipinski definition) is 3. The Morgan fingerprint density at radius 2 is 2.40 bits per heavy atom. The highest BCUT2D eigenvalue weighted by Gasteiger charge is 2.34. The van der Waals surface area contributed by atoms with Crippen molar-refractivity contribution >= 4 is 21.8 Å². The number of hydrogen-bond donors (Lipinski definition) is 2. The third-order valence-corrected chi connectivity index (χ3v) is 3.34. The molecule has 2 N–H and O–H groups in total. The molecule has 4 nitrogen and oxygen atoms in total. The minimum Gasteiger partial charge on any atom is -0.457 e. The molecule has 0 spiro atoms. The number of halogens is 1. The van der Waals surface area contributed by atoms with Gasteiger partial charge in [0.2, 0.25) is 0 Å². The van der Waals surface area contributed by atoms with Crippen LogP contribution in [0.4, 0.5) is 0 Å². The van der Waals surface area contributed by atoms with Gasteiger partial charge in [-0.25, -0.2) is 0 Å². The number of carbonyl (C=O) groups excluding carboxylic acids is 1. The molecule has 0 saturated heterocycles. The summed E-state index contributed by atoms with van der Waals surface area (Å²) in [6, 6.07) is 1.59. The molecule has 15 heavy (non-hydrogen) atoms. The highest BCUT2D eigenvalue weighted by molar-refractivity contribution is 9.10. The molecular formula is C10H12BrNO3. The van der Waals surface area contributed by atoms with E-state index in [9.17, 15) is 9.90 Å². The van der Waals surface area contributed by atoms with Crippen LogP contribution in [0.5, 0.6) is 0 Å². The van der Waals surface area contributed by atoms with Crippen LogP contribution < -0.4 is 5.32 Å². The van der Waals surface area contributed by atoms with Crippen molar-refractivity contribution in [3.63, 3.8) is 0 Å². The second-order valence-corrected chi connectivity index (χ2v) is 4.59. The maximum atomic E-state index is 11.6. The van der Waals surface area contributed by atoms with Crippen LogP contribution in [0.3, 0.4) is 0 Å². The van der Waals surface area contributed by atoms with Crippen LogP contribution in [0.25, 0.3) is 0 Å². The van der Waals surface area contributed by atoms with E-state index in [0.717, 1.165) is 19.3 Å². The van der Waals surface area contributed by atoms with Gasteiger partial charge in [0, 0.05) is 6.54 Å². The standard InChI is InChI=1S/C10H12BrNO3/c11-8-7(2-5-15-8)9(13)12-6-10(14)3-1-4-10/h2,5,14H,1,3-4,6H2,(H,12,13). The maximum Gasteiger partial charge on any atom is 0.255 e. The quantitative estimate of drug-likeness (QED) is 0.881. The molecule has 1 fully saturated rings. The number of rotatable bonds is 3. The van der Waals surface area contributed by atoms with Gasteiger partial charge in [-0.15, -0.1) is 0 Å². The molecule has 2 rings (SSSR count). The summed E-state index contributed by atoms with van der Waals surface area (Å²) in [5.74, 6) is -0.226. The lowest BCUT2D eigenvalue weighted by Crippen LogP contribution is -2.47. The lowest BCUT2D eigenvalue weighted by molar-refractivity contribution is -0.0300. The van der Waals surface area contributed by atoms with Crippen molar-refractivity contribution in [1.82, 2.24) is 5.32 Å². The van der Waals surface area contributed by atoms with E-state index in [1.54, 1.807) is 6.07 Å². The van der Waals surface area contributed by atoms with Crippen LogP contribution in [-0.2, 0) is 0 Å². The molecule has 0 unspecified atom stereocenters.